The molecule has 0 saturated heterocycles. The van der Waals surface area contributed by atoms with Gasteiger partial charge < -0.3 is 20.3 Å². The molecule has 1 aliphatic carbocycles. The van der Waals surface area contributed by atoms with Crippen molar-refractivity contribution >= 4 is 47.0 Å². The van der Waals surface area contributed by atoms with Crippen molar-refractivity contribution in [2.75, 3.05) is 11.1 Å². The first kappa shape index (κ1) is 28.5. The van der Waals surface area contributed by atoms with Gasteiger partial charge in [0.2, 0.25) is 5.91 Å². The van der Waals surface area contributed by atoms with Crippen LogP contribution < -0.4 is 10.6 Å². The lowest BCUT2D eigenvalue weighted by atomic mass is 9.93. The van der Waals surface area contributed by atoms with E-state index in [-0.39, 0.29) is 23.6 Å². The van der Waals surface area contributed by atoms with Crippen LogP contribution in [0.1, 0.15) is 56.3 Å². The molecule has 1 aliphatic rings. The van der Waals surface area contributed by atoms with Gasteiger partial charge in [-0.25, -0.2) is 4.79 Å². The zero-order valence-electron chi connectivity index (χ0n) is 23.2. The molecule has 0 heterocycles. The van der Waals surface area contributed by atoms with Gasteiger partial charge in [0.15, 0.2) is 0 Å². The number of nitrogens with one attached hydrogen (secondary N) is 2. The minimum atomic E-state index is -0.955. The Labute approximate surface area is 235 Å². The SMILES string of the molecule is Cc1cccc(C)c1C(C(=O)Nc1ccc2ccccc2c1)N(C(=O)C(CS)NC(=O)OC(C)(C)C)C1CC1. The minimum absolute atomic E-state index is 0.0626. The van der Waals surface area contributed by atoms with E-state index in [0.29, 0.717) is 5.69 Å². The number of amides is 3. The predicted molar refractivity (Wildman–Crippen MR) is 158 cm³/mol. The molecule has 3 amide bonds. The number of aryl methyl sites for hydroxylation is 2. The van der Waals surface area contributed by atoms with Crippen molar-refractivity contribution in [3.63, 3.8) is 0 Å². The van der Waals surface area contributed by atoms with Crippen LogP contribution in [-0.2, 0) is 14.3 Å². The summed E-state index contributed by atoms with van der Waals surface area (Å²) in [5.74, 6) is -0.606. The molecule has 2 unspecified atom stereocenters. The highest BCUT2D eigenvalue weighted by atomic mass is 32.1. The average Bonchev–Trinajstić information content (AvgIpc) is 3.70. The Bertz CT molecular complexity index is 1360. The Morgan fingerprint density at radius 3 is 2.21 bits per heavy atom. The van der Waals surface area contributed by atoms with Crippen molar-refractivity contribution < 1.29 is 19.1 Å². The van der Waals surface area contributed by atoms with E-state index < -0.39 is 23.8 Å². The lowest BCUT2D eigenvalue weighted by molar-refractivity contribution is -0.141. The van der Waals surface area contributed by atoms with Crippen LogP contribution in [0.2, 0.25) is 0 Å². The van der Waals surface area contributed by atoms with Crippen LogP contribution in [-0.4, -0.2) is 46.2 Å². The summed E-state index contributed by atoms with van der Waals surface area (Å²) in [4.78, 5) is 42.4. The number of anilines is 1. The molecule has 0 spiro atoms. The first-order valence-electron chi connectivity index (χ1n) is 13.3. The number of ether oxygens (including phenoxy) is 1. The molecule has 0 bridgehead atoms. The molecule has 2 N–H and O–H groups in total. The Balaban J connectivity index is 1.70. The molecule has 3 aromatic rings. The number of nitrogens with zero attached hydrogens (tertiary/aromatic N) is 1. The van der Waals surface area contributed by atoms with Crippen LogP contribution in [0.3, 0.4) is 0 Å². The van der Waals surface area contributed by atoms with Crippen molar-refractivity contribution in [2.24, 2.45) is 0 Å². The molecule has 1 fully saturated rings. The van der Waals surface area contributed by atoms with E-state index in [4.69, 9.17) is 4.74 Å². The van der Waals surface area contributed by atoms with Gasteiger partial charge in [0, 0.05) is 17.5 Å². The van der Waals surface area contributed by atoms with E-state index in [1.807, 2.05) is 74.5 Å². The van der Waals surface area contributed by atoms with E-state index >= 15 is 0 Å². The molecule has 7 nitrogen and oxygen atoms in total. The Morgan fingerprint density at radius 2 is 1.62 bits per heavy atom. The Kier molecular flexibility index (Phi) is 8.54. The van der Waals surface area contributed by atoms with Gasteiger partial charge in [-0.1, -0.05) is 48.5 Å². The zero-order valence-corrected chi connectivity index (χ0v) is 24.0. The number of carbonyl (C=O) groups is 3. The maximum absolute atomic E-state index is 14.1. The molecule has 0 aliphatic heterocycles. The van der Waals surface area contributed by atoms with Crippen LogP contribution in [0, 0.1) is 13.8 Å². The first-order chi connectivity index (χ1) is 18.5. The van der Waals surface area contributed by atoms with Gasteiger partial charge in [0.1, 0.15) is 17.7 Å². The van der Waals surface area contributed by atoms with E-state index in [0.717, 1.165) is 40.3 Å². The quantitative estimate of drug-likeness (QED) is 0.304. The summed E-state index contributed by atoms with van der Waals surface area (Å²) in [7, 11) is 0. The summed E-state index contributed by atoms with van der Waals surface area (Å²) in [6.07, 6.45) is 0.861. The molecule has 4 rings (SSSR count). The molecule has 8 heteroatoms. The van der Waals surface area contributed by atoms with Crippen LogP contribution >= 0.6 is 12.6 Å². The van der Waals surface area contributed by atoms with E-state index in [1.54, 1.807) is 25.7 Å². The largest absolute Gasteiger partial charge is 0.444 e. The van der Waals surface area contributed by atoms with E-state index in [1.165, 1.54) is 0 Å². The van der Waals surface area contributed by atoms with Gasteiger partial charge in [0.25, 0.3) is 5.91 Å². The zero-order chi connectivity index (χ0) is 28.3. The number of fused-ring (bicyclic) bond motifs is 1. The van der Waals surface area contributed by atoms with Crippen molar-refractivity contribution in [1.29, 1.82) is 0 Å². The first-order valence-corrected chi connectivity index (χ1v) is 13.9. The second-order valence-corrected chi connectivity index (χ2v) is 11.5. The Hall–Kier alpha value is -3.52. The van der Waals surface area contributed by atoms with Crippen molar-refractivity contribution in [3.05, 3.63) is 77.4 Å². The topological polar surface area (TPSA) is 87.7 Å². The lowest BCUT2D eigenvalue weighted by Crippen LogP contribution is -2.54. The summed E-state index contributed by atoms with van der Waals surface area (Å²) in [6.45, 7) is 9.17. The number of thiol groups is 1. The lowest BCUT2D eigenvalue weighted by Gasteiger charge is -2.35. The number of rotatable bonds is 8. The predicted octanol–water partition coefficient (Wildman–Crippen LogP) is 5.95. The van der Waals surface area contributed by atoms with Gasteiger partial charge in [0.05, 0.1) is 0 Å². The smallest absolute Gasteiger partial charge is 0.408 e. The molecule has 39 heavy (non-hydrogen) atoms. The number of carbonyl (C=O) groups excluding carboxylic acids is 3. The monoisotopic (exact) mass is 547 g/mol. The highest BCUT2D eigenvalue weighted by molar-refractivity contribution is 7.80. The molecule has 0 aromatic heterocycles. The standard InChI is InChI=1S/C31H37N3O4S/c1-19-9-8-10-20(2)26(19)27(28(35)32-23-14-13-21-11-6-7-12-22(21)17-23)34(24-15-16-24)29(36)25(18-39)33-30(37)38-31(3,4)5/h6-14,17,24-25,27,39H,15-16,18H2,1-5H3,(H,32,35)(H,33,37). The normalized spacial score (nSPS) is 14.8. The fourth-order valence-corrected chi connectivity index (χ4v) is 5.07. The van der Waals surface area contributed by atoms with Crippen molar-refractivity contribution in [2.45, 2.75) is 71.2 Å². The highest BCUT2D eigenvalue weighted by Crippen LogP contribution is 2.38. The van der Waals surface area contributed by atoms with Crippen molar-refractivity contribution in [1.82, 2.24) is 10.2 Å². The van der Waals surface area contributed by atoms with Crippen molar-refractivity contribution in [3.8, 4) is 0 Å². The minimum Gasteiger partial charge on any atom is -0.444 e. The third-order valence-electron chi connectivity index (χ3n) is 6.73. The third kappa shape index (κ3) is 6.92. The second-order valence-electron chi connectivity index (χ2n) is 11.1. The average molecular weight is 548 g/mol. The second kappa shape index (κ2) is 11.7. The fraction of sp³-hybridized carbons (Fsp3) is 0.387. The van der Waals surface area contributed by atoms with Gasteiger partial charge in [-0.2, -0.15) is 12.6 Å². The van der Waals surface area contributed by atoms with Crippen LogP contribution in [0.4, 0.5) is 10.5 Å². The molecule has 3 aromatic carbocycles. The summed E-state index contributed by atoms with van der Waals surface area (Å²) < 4.78 is 5.39. The fourth-order valence-electron chi connectivity index (χ4n) is 4.82. The molecule has 1 saturated carbocycles. The highest BCUT2D eigenvalue weighted by Gasteiger charge is 2.44. The summed E-state index contributed by atoms with van der Waals surface area (Å²) in [6, 6.07) is 17.6. The van der Waals surface area contributed by atoms with E-state index in [2.05, 4.69) is 23.3 Å². The molecular weight excluding hydrogens is 510 g/mol. The number of hydrogen-bond donors (Lipinski definition) is 3. The maximum atomic E-state index is 14.1. The van der Waals surface area contributed by atoms with Crippen LogP contribution in [0.25, 0.3) is 10.8 Å². The third-order valence-corrected chi connectivity index (χ3v) is 7.09. The van der Waals surface area contributed by atoms with E-state index in [9.17, 15) is 14.4 Å². The Morgan fingerprint density at radius 1 is 0.974 bits per heavy atom. The van der Waals surface area contributed by atoms with Crippen LogP contribution in [0.5, 0.6) is 0 Å². The maximum Gasteiger partial charge on any atom is 0.408 e. The number of hydrogen-bond acceptors (Lipinski definition) is 5. The van der Waals surface area contributed by atoms with Gasteiger partial charge in [-0.15, -0.1) is 0 Å². The van der Waals surface area contributed by atoms with Crippen LogP contribution in [0.15, 0.2) is 60.7 Å². The summed E-state index contributed by atoms with van der Waals surface area (Å²) in [5, 5.41) is 7.82. The molecule has 2 atom stereocenters. The van der Waals surface area contributed by atoms with Gasteiger partial charge in [-0.3, -0.25) is 9.59 Å². The molecular formula is C31H37N3O4S. The summed E-state index contributed by atoms with van der Waals surface area (Å²) in [5.41, 5.74) is 2.54. The number of alkyl carbamates (subject to hydrolysis) is 1. The number of benzene rings is 3. The molecule has 206 valence electrons. The van der Waals surface area contributed by atoms with Gasteiger partial charge in [-0.05, 0) is 87.1 Å². The summed E-state index contributed by atoms with van der Waals surface area (Å²) >= 11 is 4.37. The molecule has 0 radical (unpaired) electrons. The van der Waals surface area contributed by atoms with Gasteiger partial charge >= 0.3 is 6.09 Å².